The monoisotopic (exact) mass is 234 g/mol. The van der Waals surface area contributed by atoms with E-state index in [2.05, 4.69) is 32.9 Å². The molecule has 0 aliphatic heterocycles. The molecular formula is C16H26O. The van der Waals surface area contributed by atoms with Crippen LogP contribution in [0.25, 0.3) is 0 Å². The highest BCUT2D eigenvalue weighted by Gasteiger charge is 2.09. The minimum atomic E-state index is 0.185. The van der Waals surface area contributed by atoms with Crippen LogP contribution < -0.4 is 0 Å². The Bertz CT molecular complexity index is 342. The minimum Gasteiger partial charge on any atom is -0.392 e. The normalized spacial score (nSPS) is 10.8. The minimum absolute atomic E-state index is 0.185. The molecule has 0 aromatic heterocycles. The smallest absolute Gasteiger partial charge is 0.0687 e. The summed E-state index contributed by atoms with van der Waals surface area (Å²) in [5.41, 5.74) is 5.28. The van der Waals surface area contributed by atoms with Crippen molar-refractivity contribution in [3.8, 4) is 0 Å². The second kappa shape index (κ2) is 7.50. The van der Waals surface area contributed by atoms with Crippen LogP contribution in [0.15, 0.2) is 12.1 Å². The highest BCUT2D eigenvalue weighted by atomic mass is 16.3. The van der Waals surface area contributed by atoms with Crippen molar-refractivity contribution in [3.05, 3.63) is 34.4 Å². The summed E-state index contributed by atoms with van der Waals surface area (Å²) in [6, 6.07) is 4.42. The van der Waals surface area contributed by atoms with E-state index in [0.717, 1.165) is 12.8 Å². The molecule has 0 aliphatic rings. The molecule has 1 heteroatoms. The van der Waals surface area contributed by atoms with Gasteiger partial charge in [-0.1, -0.05) is 38.8 Å². The third-order valence-corrected chi connectivity index (χ3v) is 3.50. The first-order chi connectivity index (χ1) is 8.24. The summed E-state index contributed by atoms with van der Waals surface area (Å²) in [6.45, 7) is 6.74. The van der Waals surface area contributed by atoms with E-state index < -0.39 is 0 Å². The van der Waals surface area contributed by atoms with Crippen LogP contribution in [0.1, 0.15) is 61.8 Å². The Labute approximate surface area is 106 Å². The Morgan fingerprint density at radius 2 is 1.59 bits per heavy atom. The standard InChI is InChI=1S/C16H26O/c1-4-6-8-14-11-10-13(3)16(12-17)15(14)9-7-5-2/h10-11,17H,4-9,12H2,1-3H3. The van der Waals surface area contributed by atoms with Crippen LogP contribution in [-0.4, -0.2) is 5.11 Å². The largest absolute Gasteiger partial charge is 0.392 e. The van der Waals surface area contributed by atoms with Gasteiger partial charge in [0.25, 0.3) is 0 Å². The summed E-state index contributed by atoms with van der Waals surface area (Å²) in [5.74, 6) is 0. The van der Waals surface area contributed by atoms with Crippen LogP contribution >= 0.6 is 0 Å². The fourth-order valence-corrected chi connectivity index (χ4v) is 2.35. The van der Waals surface area contributed by atoms with Crippen molar-refractivity contribution in [2.75, 3.05) is 0 Å². The molecule has 1 aromatic rings. The number of hydrogen-bond acceptors (Lipinski definition) is 1. The van der Waals surface area contributed by atoms with Crippen molar-refractivity contribution in [2.45, 2.75) is 65.9 Å². The molecule has 0 fully saturated rings. The lowest BCUT2D eigenvalue weighted by Crippen LogP contribution is -2.03. The Kier molecular flexibility index (Phi) is 6.28. The molecule has 0 atom stereocenters. The maximum absolute atomic E-state index is 9.55. The van der Waals surface area contributed by atoms with Gasteiger partial charge in [-0.05, 0) is 54.9 Å². The predicted molar refractivity (Wildman–Crippen MR) is 74.3 cm³/mol. The Morgan fingerprint density at radius 1 is 0.941 bits per heavy atom. The Balaban J connectivity index is 3.00. The molecule has 0 spiro atoms. The summed E-state index contributed by atoms with van der Waals surface area (Å²) >= 11 is 0. The van der Waals surface area contributed by atoms with Gasteiger partial charge in [-0.15, -0.1) is 0 Å². The molecule has 1 nitrogen and oxygen atoms in total. The maximum atomic E-state index is 9.55. The zero-order valence-electron chi connectivity index (χ0n) is 11.6. The van der Waals surface area contributed by atoms with Gasteiger partial charge < -0.3 is 5.11 Å². The number of hydrogen-bond donors (Lipinski definition) is 1. The van der Waals surface area contributed by atoms with Gasteiger partial charge in [0.05, 0.1) is 6.61 Å². The van der Waals surface area contributed by atoms with Crippen molar-refractivity contribution >= 4 is 0 Å². The molecule has 1 aromatic carbocycles. The maximum Gasteiger partial charge on any atom is 0.0687 e. The first kappa shape index (κ1) is 14.2. The molecule has 0 saturated carbocycles. The Hall–Kier alpha value is -0.820. The van der Waals surface area contributed by atoms with Gasteiger partial charge in [-0.2, -0.15) is 0 Å². The highest BCUT2D eigenvalue weighted by molar-refractivity contribution is 5.40. The molecule has 0 bridgehead atoms. The van der Waals surface area contributed by atoms with E-state index in [1.807, 2.05) is 0 Å². The molecule has 0 radical (unpaired) electrons. The van der Waals surface area contributed by atoms with E-state index in [1.165, 1.54) is 47.9 Å². The van der Waals surface area contributed by atoms with E-state index in [1.54, 1.807) is 0 Å². The number of unbranched alkanes of at least 4 members (excludes halogenated alkanes) is 2. The number of aliphatic hydroxyl groups is 1. The van der Waals surface area contributed by atoms with Crippen LogP contribution in [-0.2, 0) is 19.4 Å². The second-order valence-electron chi connectivity index (χ2n) is 4.86. The summed E-state index contributed by atoms with van der Waals surface area (Å²) in [5, 5.41) is 9.55. The molecule has 17 heavy (non-hydrogen) atoms. The van der Waals surface area contributed by atoms with E-state index in [9.17, 15) is 5.11 Å². The van der Waals surface area contributed by atoms with Gasteiger partial charge in [0, 0.05) is 0 Å². The van der Waals surface area contributed by atoms with Crippen molar-refractivity contribution in [1.82, 2.24) is 0 Å². The summed E-state index contributed by atoms with van der Waals surface area (Å²) in [7, 11) is 0. The molecule has 1 rings (SSSR count). The van der Waals surface area contributed by atoms with Gasteiger partial charge in [-0.3, -0.25) is 0 Å². The molecule has 1 N–H and O–H groups in total. The molecular weight excluding hydrogens is 208 g/mol. The van der Waals surface area contributed by atoms with Crippen LogP contribution in [0.4, 0.5) is 0 Å². The lowest BCUT2D eigenvalue weighted by Gasteiger charge is -2.16. The third-order valence-electron chi connectivity index (χ3n) is 3.50. The van der Waals surface area contributed by atoms with E-state index in [-0.39, 0.29) is 6.61 Å². The van der Waals surface area contributed by atoms with Crippen molar-refractivity contribution in [2.24, 2.45) is 0 Å². The Morgan fingerprint density at radius 3 is 2.18 bits per heavy atom. The van der Waals surface area contributed by atoms with E-state index >= 15 is 0 Å². The highest BCUT2D eigenvalue weighted by Crippen LogP contribution is 2.23. The average molecular weight is 234 g/mol. The van der Waals surface area contributed by atoms with Gasteiger partial charge in [0.1, 0.15) is 0 Å². The number of benzene rings is 1. The van der Waals surface area contributed by atoms with Gasteiger partial charge in [-0.25, -0.2) is 0 Å². The zero-order valence-corrected chi connectivity index (χ0v) is 11.6. The molecule has 0 aliphatic carbocycles. The number of rotatable bonds is 7. The van der Waals surface area contributed by atoms with E-state index in [4.69, 9.17) is 0 Å². The first-order valence-electron chi connectivity index (χ1n) is 6.95. The molecule has 0 heterocycles. The third kappa shape index (κ3) is 3.85. The molecule has 0 amide bonds. The lowest BCUT2D eigenvalue weighted by atomic mass is 9.91. The topological polar surface area (TPSA) is 20.2 Å². The van der Waals surface area contributed by atoms with E-state index in [0.29, 0.717) is 0 Å². The summed E-state index contributed by atoms with van der Waals surface area (Å²) in [4.78, 5) is 0. The fourth-order valence-electron chi connectivity index (χ4n) is 2.35. The number of aliphatic hydroxyl groups excluding tert-OH is 1. The summed E-state index contributed by atoms with van der Waals surface area (Å²) in [6.07, 6.45) is 7.18. The molecule has 96 valence electrons. The van der Waals surface area contributed by atoms with Crippen LogP contribution in [0.3, 0.4) is 0 Å². The summed E-state index contributed by atoms with van der Waals surface area (Å²) < 4.78 is 0. The van der Waals surface area contributed by atoms with Crippen molar-refractivity contribution in [1.29, 1.82) is 0 Å². The fraction of sp³-hybridized carbons (Fsp3) is 0.625. The number of aryl methyl sites for hydroxylation is 2. The van der Waals surface area contributed by atoms with Gasteiger partial charge >= 0.3 is 0 Å². The SMILES string of the molecule is CCCCc1ccc(C)c(CO)c1CCCC. The lowest BCUT2D eigenvalue weighted by molar-refractivity contribution is 0.279. The quantitative estimate of drug-likeness (QED) is 0.750. The van der Waals surface area contributed by atoms with Crippen molar-refractivity contribution in [3.63, 3.8) is 0 Å². The van der Waals surface area contributed by atoms with Crippen LogP contribution in [0.2, 0.25) is 0 Å². The van der Waals surface area contributed by atoms with Gasteiger partial charge in [0.15, 0.2) is 0 Å². The molecule has 0 saturated heterocycles. The van der Waals surface area contributed by atoms with Crippen LogP contribution in [0, 0.1) is 6.92 Å². The predicted octanol–water partition coefficient (Wildman–Crippen LogP) is 4.17. The molecule has 0 unspecified atom stereocenters. The van der Waals surface area contributed by atoms with Crippen LogP contribution in [0.5, 0.6) is 0 Å². The zero-order chi connectivity index (χ0) is 12.7. The van der Waals surface area contributed by atoms with Gasteiger partial charge in [0.2, 0.25) is 0 Å². The average Bonchev–Trinajstić information content (AvgIpc) is 2.35. The second-order valence-corrected chi connectivity index (χ2v) is 4.86. The van der Waals surface area contributed by atoms with Crippen molar-refractivity contribution < 1.29 is 5.11 Å². The first-order valence-corrected chi connectivity index (χ1v) is 6.95.